The van der Waals surface area contributed by atoms with E-state index in [1.54, 1.807) is 12.3 Å². The Balaban J connectivity index is 0.00000242. The van der Waals surface area contributed by atoms with E-state index in [1.807, 2.05) is 0 Å². The van der Waals surface area contributed by atoms with Gasteiger partial charge >= 0.3 is 0 Å². The third-order valence-corrected chi connectivity index (χ3v) is 2.83. The van der Waals surface area contributed by atoms with Crippen LogP contribution in [-0.2, 0) is 6.54 Å². The number of pyridine rings is 1. The van der Waals surface area contributed by atoms with Gasteiger partial charge in [0.2, 0.25) is 12.3 Å². The highest BCUT2D eigenvalue weighted by Gasteiger charge is 2.15. The molecular formula is C14H12BrN3O4. The van der Waals surface area contributed by atoms with E-state index >= 15 is 0 Å². The first-order valence-corrected chi connectivity index (χ1v) is 6.00. The Bertz CT molecular complexity index is 734. The second-order valence-electron chi connectivity index (χ2n) is 4.32. The molecule has 0 spiro atoms. The minimum atomic E-state index is -0.841. The van der Waals surface area contributed by atoms with Gasteiger partial charge in [0.05, 0.1) is 4.92 Å². The van der Waals surface area contributed by atoms with Crippen LogP contribution in [0.1, 0.15) is 15.9 Å². The molecule has 2 rings (SSSR count). The summed E-state index contributed by atoms with van der Waals surface area (Å²) in [4.78, 5) is 22.2. The van der Waals surface area contributed by atoms with Crippen LogP contribution < -0.4 is 9.67 Å². The first-order chi connectivity index (χ1) is 9.97. The van der Waals surface area contributed by atoms with Gasteiger partial charge in [-0.2, -0.15) is 4.57 Å². The van der Waals surface area contributed by atoms with Crippen molar-refractivity contribution in [3.63, 3.8) is 0 Å². The number of non-ortho nitro benzene ring substituents is 1. The number of nitro benzene ring substituents is 1. The zero-order valence-electron chi connectivity index (χ0n) is 11.3. The molecule has 7 nitrogen and oxygen atoms in total. The molecule has 22 heavy (non-hydrogen) atoms. The van der Waals surface area contributed by atoms with E-state index in [1.165, 1.54) is 41.1 Å². The lowest BCUT2D eigenvalue weighted by Gasteiger charge is -2.05. The molecule has 1 aromatic carbocycles. The van der Waals surface area contributed by atoms with Crippen LogP contribution in [0.5, 0.6) is 0 Å². The molecule has 0 radical (unpaired) electrons. The molecule has 0 unspecified atom stereocenters. The number of halogens is 1. The van der Waals surface area contributed by atoms with Crippen molar-refractivity contribution in [3.05, 3.63) is 70.0 Å². The lowest BCUT2D eigenvalue weighted by Crippen LogP contribution is -2.38. The third-order valence-electron chi connectivity index (χ3n) is 2.83. The summed E-state index contributed by atoms with van der Waals surface area (Å²) < 4.78 is 1.46. The number of aromatic nitrogens is 1. The number of rotatable bonds is 5. The Labute approximate surface area is 136 Å². The molecule has 0 aliphatic carbocycles. The number of nitrogens with zero attached hydrogens (tertiary/aromatic N) is 2. The van der Waals surface area contributed by atoms with Gasteiger partial charge in [0.1, 0.15) is 0 Å². The summed E-state index contributed by atoms with van der Waals surface area (Å²) >= 11 is 0. The molecule has 8 heteroatoms. The summed E-state index contributed by atoms with van der Waals surface area (Å²) in [5, 5.41) is 28.7. The van der Waals surface area contributed by atoms with Crippen LogP contribution in [0.3, 0.4) is 0 Å². The number of carbonyl (C=O) groups excluding carboxylic acids is 1. The Hall–Kier alpha value is -2.61. The maximum absolute atomic E-state index is 12.1. The predicted molar refractivity (Wildman–Crippen MR) is 81.2 cm³/mol. The molecule has 0 fully saturated rings. The van der Waals surface area contributed by atoms with Gasteiger partial charge in [-0.15, -0.1) is 17.0 Å². The van der Waals surface area contributed by atoms with Gasteiger partial charge in [-0.1, -0.05) is 12.1 Å². The standard InChI is InChI=1S/C14H11N3O4.BrH/c15-14(19)11-4-2-6-16(8-11)9-13(18)10-3-1-5-12(7-10)17(20)21;/h1-8H,9H2,(H-,15,19);1H. The number of hydrogen-bond donors (Lipinski definition) is 1. The van der Waals surface area contributed by atoms with Gasteiger partial charge in [0.15, 0.2) is 12.4 Å². The van der Waals surface area contributed by atoms with Crippen molar-refractivity contribution in [2.75, 3.05) is 0 Å². The number of nitrogens with one attached hydrogen (secondary N) is 1. The number of Topliss-reactive ketones (excluding diaryl/α,β-unsaturated/α-hetero) is 1. The number of hydrogen-bond acceptors (Lipinski definition) is 5. The smallest absolute Gasteiger partial charge is 0.270 e. The molecule has 1 N–H and O–H groups in total. The fraction of sp³-hybridized carbons (Fsp3) is 0.0714. The molecule has 0 saturated heterocycles. The Morgan fingerprint density at radius 2 is 1.91 bits per heavy atom. The van der Waals surface area contributed by atoms with E-state index in [2.05, 4.69) is 0 Å². The highest BCUT2D eigenvalue weighted by atomic mass is 79.9. The van der Waals surface area contributed by atoms with Crippen LogP contribution in [0, 0.1) is 15.5 Å². The molecule has 1 aromatic heterocycles. The van der Waals surface area contributed by atoms with Crippen LogP contribution in [0.2, 0.25) is 0 Å². The summed E-state index contributed by atoms with van der Waals surface area (Å²) in [5.74, 6) is -1.16. The van der Waals surface area contributed by atoms with Gasteiger partial charge in [-0.05, 0) is 12.0 Å². The van der Waals surface area contributed by atoms with Crippen LogP contribution in [-0.4, -0.2) is 16.6 Å². The fourth-order valence-electron chi connectivity index (χ4n) is 1.80. The lowest BCUT2D eigenvalue weighted by atomic mass is 10.1. The molecule has 0 aliphatic heterocycles. The van der Waals surface area contributed by atoms with E-state index in [0.29, 0.717) is 0 Å². The fourth-order valence-corrected chi connectivity index (χ4v) is 1.80. The first kappa shape index (κ1) is 17.4. The SMILES string of the molecule is Br.N=C([O-])c1ccc[n+](CC(=O)c2cccc([N+](=O)[O-])c2)c1. The van der Waals surface area contributed by atoms with Crippen molar-refractivity contribution >= 4 is 34.3 Å². The van der Waals surface area contributed by atoms with E-state index < -0.39 is 10.8 Å². The van der Waals surface area contributed by atoms with Crippen LogP contribution >= 0.6 is 17.0 Å². The van der Waals surface area contributed by atoms with Crippen LogP contribution in [0.15, 0.2) is 48.8 Å². The summed E-state index contributed by atoms with van der Waals surface area (Å²) in [7, 11) is 0. The number of ketones is 1. The minimum Gasteiger partial charge on any atom is -0.859 e. The van der Waals surface area contributed by atoms with Gasteiger partial charge in [-0.3, -0.25) is 14.9 Å². The molecular weight excluding hydrogens is 354 g/mol. The van der Waals surface area contributed by atoms with E-state index in [9.17, 15) is 20.0 Å². The molecule has 0 saturated carbocycles. The third kappa shape index (κ3) is 4.19. The Kier molecular flexibility index (Phi) is 5.88. The van der Waals surface area contributed by atoms with Crippen molar-refractivity contribution < 1.29 is 19.4 Å². The summed E-state index contributed by atoms with van der Waals surface area (Å²) in [6.07, 6.45) is 2.98. The average molecular weight is 366 g/mol. The number of benzene rings is 1. The number of carbonyl (C=O) groups is 1. The van der Waals surface area contributed by atoms with E-state index in [-0.39, 0.29) is 46.1 Å². The normalized spacial score (nSPS) is 9.64. The van der Waals surface area contributed by atoms with Gasteiger partial charge in [0, 0.05) is 29.3 Å². The Morgan fingerprint density at radius 3 is 2.55 bits per heavy atom. The molecule has 0 amide bonds. The van der Waals surface area contributed by atoms with Crippen LogP contribution in [0.25, 0.3) is 0 Å². The topological polar surface area (TPSA) is 111 Å². The number of nitro groups is 1. The predicted octanol–water partition coefficient (Wildman–Crippen LogP) is 1.03. The molecule has 0 aliphatic rings. The second-order valence-corrected chi connectivity index (χ2v) is 4.32. The van der Waals surface area contributed by atoms with E-state index in [0.717, 1.165) is 0 Å². The maximum atomic E-state index is 12.1. The van der Waals surface area contributed by atoms with Crippen LogP contribution in [0.4, 0.5) is 5.69 Å². The molecule has 1 heterocycles. The van der Waals surface area contributed by atoms with E-state index in [4.69, 9.17) is 5.41 Å². The zero-order chi connectivity index (χ0) is 15.4. The van der Waals surface area contributed by atoms with Gasteiger partial charge in [-0.25, -0.2) is 0 Å². The molecule has 114 valence electrons. The monoisotopic (exact) mass is 365 g/mol. The molecule has 2 aromatic rings. The van der Waals surface area contributed by atoms with Crippen molar-refractivity contribution in [3.8, 4) is 0 Å². The van der Waals surface area contributed by atoms with Gasteiger partial charge in [0.25, 0.3) is 5.69 Å². The maximum Gasteiger partial charge on any atom is 0.270 e. The second kappa shape index (κ2) is 7.41. The first-order valence-electron chi connectivity index (χ1n) is 6.00. The Morgan fingerprint density at radius 1 is 1.23 bits per heavy atom. The molecule has 0 atom stereocenters. The highest BCUT2D eigenvalue weighted by Crippen LogP contribution is 2.13. The summed E-state index contributed by atoms with van der Waals surface area (Å²) in [5.41, 5.74) is 0.240. The lowest BCUT2D eigenvalue weighted by molar-refractivity contribution is -0.683. The summed E-state index contributed by atoms with van der Waals surface area (Å²) in [6.45, 7) is -0.0672. The highest BCUT2D eigenvalue weighted by molar-refractivity contribution is 8.93. The quantitative estimate of drug-likeness (QED) is 0.213. The largest absolute Gasteiger partial charge is 0.859 e. The average Bonchev–Trinajstić information content (AvgIpc) is 2.47. The zero-order valence-corrected chi connectivity index (χ0v) is 13.0. The van der Waals surface area contributed by atoms with Crippen molar-refractivity contribution in [1.82, 2.24) is 0 Å². The van der Waals surface area contributed by atoms with Crippen molar-refractivity contribution in [1.29, 1.82) is 5.41 Å². The summed E-state index contributed by atoms with van der Waals surface area (Å²) in [6, 6.07) is 8.49. The van der Waals surface area contributed by atoms with Gasteiger partial charge < -0.3 is 10.5 Å². The molecule has 0 bridgehead atoms. The van der Waals surface area contributed by atoms with Crippen molar-refractivity contribution in [2.24, 2.45) is 0 Å². The van der Waals surface area contributed by atoms with Crippen molar-refractivity contribution in [2.45, 2.75) is 6.54 Å². The minimum absolute atomic E-state index is 0.